The smallest absolute Gasteiger partial charge is 0.256 e. The first-order valence-electron chi connectivity index (χ1n) is 7.73. The van der Waals surface area contributed by atoms with Crippen LogP contribution in [0.2, 0.25) is 0 Å². The molecule has 3 nitrogen and oxygen atoms in total. The molecule has 0 spiro atoms. The van der Waals surface area contributed by atoms with Crippen LogP contribution in [-0.4, -0.2) is 4.57 Å². The van der Waals surface area contributed by atoms with Gasteiger partial charge in [-0.2, -0.15) is 0 Å². The number of nitrogens with zero attached hydrogens (tertiary/aromatic N) is 1. The van der Waals surface area contributed by atoms with E-state index in [9.17, 15) is 4.79 Å². The van der Waals surface area contributed by atoms with E-state index in [1.807, 2.05) is 29.7 Å². The Balaban J connectivity index is 2.25. The van der Waals surface area contributed by atoms with Gasteiger partial charge in [0.25, 0.3) is 5.56 Å². The predicted molar refractivity (Wildman–Crippen MR) is 86.3 cm³/mol. The van der Waals surface area contributed by atoms with Crippen LogP contribution >= 0.6 is 0 Å². The normalized spacial score (nSPS) is 15.5. The lowest BCUT2D eigenvalue weighted by Crippen LogP contribution is -2.30. The first-order valence-corrected chi connectivity index (χ1v) is 7.73. The van der Waals surface area contributed by atoms with Crippen molar-refractivity contribution in [1.29, 1.82) is 0 Å². The molecule has 110 valence electrons. The molecule has 21 heavy (non-hydrogen) atoms. The van der Waals surface area contributed by atoms with Gasteiger partial charge < -0.3 is 10.3 Å². The molecule has 0 aliphatic heterocycles. The Labute approximate surface area is 125 Å². The molecule has 0 amide bonds. The lowest BCUT2D eigenvalue weighted by Gasteiger charge is -2.21. The van der Waals surface area contributed by atoms with Crippen molar-refractivity contribution in [3.63, 3.8) is 0 Å². The van der Waals surface area contributed by atoms with E-state index in [1.54, 1.807) is 0 Å². The molecule has 0 bridgehead atoms. The van der Waals surface area contributed by atoms with E-state index in [1.165, 1.54) is 12.8 Å². The number of pyridine rings is 1. The van der Waals surface area contributed by atoms with Gasteiger partial charge in [0, 0.05) is 18.2 Å². The maximum Gasteiger partial charge on any atom is 0.256 e. The van der Waals surface area contributed by atoms with Crippen molar-refractivity contribution < 1.29 is 0 Å². The van der Waals surface area contributed by atoms with E-state index in [-0.39, 0.29) is 5.56 Å². The van der Waals surface area contributed by atoms with Crippen LogP contribution in [0.1, 0.15) is 42.9 Å². The first-order chi connectivity index (χ1) is 10.2. The van der Waals surface area contributed by atoms with Gasteiger partial charge in [-0.25, -0.2) is 0 Å². The third-order valence-corrected chi connectivity index (χ3v) is 4.53. The number of rotatable bonds is 3. The van der Waals surface area contributed by atoms with Crippen LogP contribution in [-0.2, 0) is 6.54 Å². The van der Waals surface area contributed by atoms with Crippen molar-refractivity contribution >= 4 is 0 Å². The van der Waals surface area contributed by atoms with Gasteiger partial charge in [0.05, 0.1) is 5.69 Å². The summed E-state index contributed by atoms with van der Waals surface area (Å²) in [5.41, 5.74) is 9.78. The van der Waals surface area contributed by atoms with Crippen molar-refractivity contribution in [2.75, 3.05) is 0 Å². The molecule has 0 saturated heterocycles. The standard InChI is InChI=1S/C18H22N2O/c1-13-11-17(14-7-3-2-4-8-14)20(15-9-5-6-10-15)18(21)16(13)12-19/h2-4,7-8,11,15H,5-6,9-10,12,19H2,1H3. The van der Waals surface area contributed by atoms with Gasteiger partial charge in [-0.3, -0.25) is 4.79 Å². The SMILES string of the molecule is Cc1cc(-c2ccccc2)n(C2CCCC2)c(=O)c1CN. The summed E-state index contributed by atoms with van der Waals surface area (Å²) in [4.78, 5) is 12.9. The van der Waals surface area contributed by atoms with Crippen molar-refractivity contribution in [2.24, 2.45) is 5.73 Å². The highest BCUT2D eigenvalue weighted by Gasteiger charge is 2.23. The number of aryl methyl sites for hydroxylation is 1. The van der Waals surface area contributed by atoms with E-state index in [0.29, 0.717) is 12.6 Å². The Morgan fingerprint density at radius 1 is 1.19 bits per heavy atom. The molecule has 0 unspecified atom stereocenters. The van der Waals surface area contributed by atoms with E-state index >= 15 is 0 Å². The number of nitrogens with two attached hydrogens (primary N) is 1. The zero-order valence-corrected chi connectivity index (χ0v) is 12.5. The van der Waals surface area contributed by atoms with Crippen LogP contribution < -0.4 is 11.3 Å². The minimum Gasteiger partial charge on any atom is -0.326 e. The molecular weight excluding hydrogens is 260 g/mol. The van der Waals surface area contributed by atoms with Crippen LogP contribution in [0.3, 0.4) is 0 Å². The fraction of sp³-hybridized carbons (Fsp3) is 0.389. The highest BCUT2D eigenvalue weighted by Crippen LogP contribution is 2.32. The van der Waals surface area contributed by atoms with Crippen molar-refractivity contribution in [3.8, 4) is 11.3 Å². The average Bonchev–Trinajstić information content (AvgIpc) is 3.02. The van der Waals surface area contributed by atoms with Gasteiger partial charge in [-0.15, -0.1) is 0 Å². The number of hydrogen-bond acceptors (Lipinski definition) is 2. The second-order valence-corrected chi connectivity index (χ2v) is 5.87. The second kappa shape index (κ2) is 5.86. The molecule has 1 aliphatic carbocycles. The summed E-state index contributed by atoms with van der Waals surface area (Å²) in [6, 6.07) is 12.6. The number of benzene rings is 1. The molecule has 2 N–H and O–H groups in total. The summed E-state index contributed by atoms with van der Waals surface area (Å²) < 4.78 is 2.00. The van der Waals surface area contributed by atoms with Gasteiger partial charge in [-0.1, -0.05) is 43.2 Å². The fourth-order valence-corrected chi connectivity index (χ4v) is 3.39. The molecule has 1 aromatic carbocycles. The quantitative estimate of drug-likeness (QED) is 0.938. The Bertz CT molecular complexity index is 682. The molecule has 3 rings (SSSR count). The van der Waals surface area contributed by atoms with Crippen LogP contribution in [0.5, 0.6) is 0 Å². The lowest BCUT2D eigenvalue weighted by molar-refractivity contribution is 0.504. The summed E-state index contributed by atoms with van der Waals surface area (Å²) in [5.74, 6) is 0. The highest BCUT2D eigenvalue weighted by atomic mass is 16.1. The second-order valence-electron chi connectivity index (χ2n) is 5.87. The third-order valence-electron chi connectivity index (χ3n) is 4.53. The van der Waals surface area contributed by atoms with Gasteiger partial charge in [-0.05, 0) is 37.0 Å². The Kier molecular flexibility index (Phi) is 3.93. The van der Waals surface area contributed by atoms with Crippen LogP contribution in [0.15, 0.2) is 41.2 Å². The van der Waals surface area contributed by atoms with Gasteiger partial charge in [0.1, 0.15) is 0 Å². The minimum atomic E-state index is 0.100. The molecule has 1 saturated carbocycles. The molecule has 1 aromatic heterocycles. The van der Waals surface area contributed by atoms with Crippen molar-refractivity contribution in [1.82, 2.24) is 4.57 Å². The average molecular weight is 282 g/mol. The third kappa shape index (κ3) is 2.54. The largest absolute Gasteiger partial charge is 0.326 e. The van der Waals surface area contributed by atoms with E-state index in [2.05, 4.69) is 18.2 Å². The molecule has 1 aliphatic rings. The van der Waals surface area contributed by atoms with E-state index in [0.717, 1.165) is 35.2 Å². The van der Waals surface area contributed by atoms with Crippen molar-refractivity contribution in [3.05, 3.63) is 57.9 Å². The summed E-state index contributed by atoms with van der Waals surface area (Å²) in [6.45, 7) is 2.29. The summed E-state index contributed by atoms with van der Waals surface area (Å²) in [5, 5.41) is 0. The molecule has 1 fully saturated rings. The van der Waals surface area contributed by atoms with E-state index < -0.39 is 0 Å². The molecule has 0 radical (unpaired) electrons. The fourth-order valence-electron chi connectivity index (χ4n) is 3.39. The van der Waals surface area contributed by atoms with Crippen LogP contribution in [0.4, 0.5) is 0 Å². The van der Waals surface area contributed by atoms with Crippen LogP contribution in [0.25, 0.3) is 11.3 Å². The summed E-state index contributed by atoms with van der Waals surface area (Å²) in [7, 11) is 0. The Morgan fingerprint density at radius 2 is 1.86 bits per heavy atom. The van der Waals surface area contributed by atoms with Gasteiger partial charge in [0.2, 0.25) is 0 Å². The maximum absolute atomic E-state index is 12.9. The lowest BCUT2D eigenvalue weighted by atomic mass is 10.0. The van der Waals surface area contributed by atoms with E-state index in [4.69, 9.17) is 5.73 Å². The zero-order valence-electron chi connectivity index (χ0n) is 12.5. The highest BCUT2D eigenvalue weighted by molar-refractivity contribution is 5.61. The Hall–Kier alpha value is -1.87. The topological polar surface area (TPSA) is 48.0 Å². The monoisotopic (exact) mass is 282 g/mol. The summed E-state index contributed by atoms with van der Waals surface area (Å²) in [6.07, 6.45) is 4.59. The minimum absolute atomic E-state index is 0.100. The number of aromatic nitrogens is 1. The molecule has 0 atom stereocenters. The first kappa shape index (κ1) is 14.1. The summed E-state index contributed by atoms with van der Waals surface area (Å²) >= 11 is 0. The Morgan fingerprint density at radius 3 is 2.48 bits per heavy atom. The van der Waals surface area contributed by atoms with Gasteiger partial charge >= 0.3 is 0 Å². The van der Waals surface area contributed by atoms with Crippen LogP contribution in [0, 0.1) is 6.92 Å². The number of hydrogen-bond donors (Lipinski definition) is 1. The molecule has 3 heteroatoms. The zero-order chi connectivity index (χ0) is 14.8. The van der Waals surface area contributed by atoms with Crippen molar-refractivity contribution in [2.45, 2.75) is 45.2 Å². The molecular formula is C18H22N2O. The molecule has 2 aromatic rings. The predicted octanol–water partition coefficient (Wildman–Crippen LogP) is 3.40. The molecule has 1 heterocycles. The maximum atomic E-state index is 12.9. The van der Waals surface area contributed by atoms with Gasteiger partial charge in [0.15, 0.2) is 0 Å².